The molecule has 8 nitrogen and oxygen atoms in total. The highest BCUT2D eigenvalue weighted by atomic mass is 35.5. The van der Waals surface area contributed by atoms with Gasteiger partial charge in [0.25, 0.3) is 10.0 Å². The second-order valence-electron chi connectivity index (χ2n) is 10.9. The minimum Gasteiger partial charge on any atom is -0.494 e. The summed E-state index contributed by atoms with van der Waals surface area (Å²) in [6.07, 6.45) is 0.951. The van der Waals surface area contributed by atoms with Gasteiger partial charge in [-0.3, -0.25) is 13.9 Å². The Morgan fingerprint density at radius 2 is 1.54 bits per heavy atom. The number of sulfonamides is 1. The van der Waals surface area contributed by atoms with Crippen LogP contribution in [0.5, 0.6) is 5.75 Å². The minimum absolute atomic E-state index is 0.00671. The number of hydrogen-bond donors (Lipinski definition) is 1. The van der Waals surface area contributed by atoms with Gasteiger partial charge in [0.15, 0.2) is 0 Å². The quantitative estimate of drug-likeness (QED) is 0.159. The van der Waals surface area contributed by atoms with Crippen molar-refractivity contribution in [1.29, 1.82) is 0 Å². The van der Waals surface area contributed by atoms with E-state index in [2.05, 4.69) is 5.32 Å². The van der Waals surface area contributed by atoms with Crippen molar-refractivity contribution >= 4 is 39.1 Å². The van der Waals surface area contributed by atoms with E-state index in [1.165, 1.54) is 17.0 Å². The number of hydrogen-bond acceptors (Lipinski definition) is 5. The molecule has 10 heteroatoms. The monoisotopic (exact) mass is 661 g/mol. The number of halogens is 1. The Kier molecular flexibility index (Phi) is 12.2. The van der Waals surface area contributed by atoms with Crippen molar-refractivity contribution in [2.75, 3.05) is 24.0 Å². The summed E-state index contributed by atoms with van der Waals surface area (Å²) in [6.45, 7) is 6.08. The lowest BCUT2D eigenvalue weighted by Crippen LogP contribution is -2.53. The maximum atomic E-state index is 14.5. The van der Waals surface area contributed by atoms with E-state index in [0.717, 1.165) is 15.4 Å². The van der Waals surface area contributed by atoms with Crippen LogP contribution in [-0.4, -0.2) is 50.9 Å². The Balaban J connectivity index is 1.78. The molecule has 1 atom stereocenters. The van der Waals surface area contributed by atoms with Gasteiger partial charge in [-0.05, 0) is 79.9 Å². The number of nitrogens with one attached hydrogen (secondary N) is 1. The molecule has 4 aromatic rings. The van der Waals surface area contributed by atoms with Gasteiger partial charge in [0.05, 0.1) is 17.2 Å². The topological polar surface area (TPSA) is 96.0 Å². The summed E-state index contributed by atoms with van der Waals surface area (Å²) in [6, 6.07) is 28.6. The molecule has 0 saturated carbocycles. The molecule has 1 N–H and O–H groups in total. The van der Waals surface area contributed by atoms with Crippen molar-refractivity contribution in [2.45, 2.75) is 51.1 Å². The Bertz CT molecular complexity index is 1700. The number of carbonyl (C=O) groups excluding carboxylic acids is 2. The van der Waals surface area contributed by atoms with Crippen LogP contribution in [0.25, 0.3) is 0 Å². The van der Waals surface area contributed by atoms with Gasteiger partial charge >= 0.3 is 0 Å². The van der Waals surface area contributed by atoms with Crippen LogP contribution < -0.4 is 14.4 Å². The zero-order valence-corrected chi connectivity index (χ0v) is 27.9. The summed E-state index contributed by atoms with van der Waals surface area (Å²) in [5.41, 5.74) is 2.83. The van der Waals surface area contributed by atoms with E-state index in [-0.39, 0.29) is 23.8 Å². The number of carbonyl (C=O) groups is 2. The standard InChI is InChI=1S/C36H40ClN3O5S/c1-4-22-38-36(42)34(24-28-10-7-6-8-11-28)39(25-29-12-9-13-30(37)23-29)35(41)26-40(31-16-14-27(3)15-17-31)46(43,44)33-20-18-32(19-21-33)45-5-2/h6-21,23,34H,4-5,22,24-26H2,1-3H3,(H,38,42)/t34-/m0/s1. The number of aryl methyl sites for hydroxylation is 1. The van der Waals surface area contributed by atoms with Crippen LogP contribution >= 0.6 is 11.6 Å². The third-order valence-electron chi connectivity index (χ3n) is 7.39. The zero-order chi connectivity index (χ0) is 33.1. The Labute approximate surface area is 277 Å². The summed E-state index contributed by atoms with van der Waals surface area (Å²) < 4.78 is 35.0. The van der Waals surface area contributed by atoms with Gasteiger partial charge in [0, 0.05) is 24.5 Å². The van der Waals surface area contributed by atoms with Gasteiger partial charge in [-0.1, -0.05) is 78.7 Å². The number of ether oxygens (including phenoxy) is 1. The molecule has 0 aliphatic rings. The second-order valence-corrected chi connectivity index (χ2v) is 13.2. The molecule has 0 aliphatic heterocycles. The summed E-state index contributed by atoms with van der Waals surface area (Å²) in [5, 5.41) is 3.43. The maximum Gasteiger partial charge on any atom is 0.264 e. The Hall–Kier alpha value is -4.34. The highest BCUT2D eigenvalue weighted by Gasteiger charge is 2.34. The SMILES string of the molecule is CCCNC(=O)[C@H](Cc1ccccc1)N(Cc1cccc(Cl)c1)C(=O)CN(c1ccc(C)cc1)S(=O)(=O)c1ccc(OCC)cc1. The van der Waals surface area contributed by atoms with E-state index in [1.54, 1.807) is 54.6 Å². The first kappa shape index (κ1) is 34.5. The molecule has 0 aliphatic carbocycles. The first-order chi connectivity index (χ1) is 22.1. The van der Waals surface area contributed by atoms with Gasteiger partial charge in [-0.15, -0.1) is 0 Å². The lowest BCUT2D eigenvalue weighted by molar-refractivity contribution is -0.140. The van der Waals surface area contributed by atoms with Crippen molar-refractivity contribution in [1.82, 2.24) is 10.2 Å². The molecule has 0 saturated heterocycles. The van der Waals surface area contributed by atoms with Crippen molar-refractivity contribution in [3.05, 3.63) is 125 Å². The van der Waals surface area contributed by atoms with Crippen LogP contribution in [0.1, 0.15) is 37.0 Å². The summed E-state index contributed by atoms with van der Waals surface area (Å²) >= 11 is 6.30. The molecule has 0 bridgehead atoms. The van der Waals surface area contributed by atoms with Crippen molar-refractivity contribution < 1.29 is 22.7 Å². The Morgan fingerprint density at radius 3 is 2.17 bits per heavy atom. The largest absolute Gasteiger partial charge is 0.494 e. The lowest BCUT2D eigenvalue weighted by Gasteiger charge is -2.34. The molecular weight excluding hydrogens is 622 g/mol. The van der Waals surface area contributed by atoms with Crippen molar-refractivity contribution in [3.63, 3.8) is 0 Å². The van der Waals surface area contributed by atoms with Gasteiger partial charge < -0.3 is 15.0 Å². The average Bonchev–Trinajstić information content (AvgIpc) is 3.05. The van der Waals surface area contributed by atoms with Crippen LogP contribution in [-0.2, 0) is 32.6 Å². The fraction of sp³-hybridized carbons (Fsp3) is 0.278. The third kappa shape index (κ3) is 9.11. The smallest absolute Gasteiger partial charge is 0.264 e. The molecule has 0 heterocycles. The van der Waals surface area contributed by atoms with E-state index in [1.807, 2.05) is 57.2 Å². The lowest BCUT2D eigenvalue weighted by atomic mass is 10.0. The first-order valence-electron chi connectivity index (χ1n) is 15.3. The van der Waals surface area contributed by atoms with Gasteiger partial charge in [-0.25, -0.2) is 8.42 Å². The zero-order valence-electron chi connectivity index (χ0n) is 26.4. The number of nitrogens with zero attached hydrogens (tertiary/aromatic N) is 2. The van der Waals surface area contributed by atoms with E-state index in [4.69, 9.17) is 16.3 Å². The number of amides is 2. The third-order valence-corrected chi connectivity index (χ3v) is 9.41. The molecule has 4 aromatic carbocycles. The van der Waals surface area contributed by atoms with E-state index >= 15 is 0 Å². The van der Waals surface area contributed by atoms with Crippen LogP contribution in [0.2, 0.25) is 5.02 Å². The first-order valence-corrected chi connectivity index (χ1v) is 17.1. The summed E-state index contributed by atoms with van der Waals surface area (Å²) in [4.78, 5) is 29.7. The second kappa shape index (κ2) is 16.3. The molecule has 0 radical (unpaired) electrons. The number of rotatable bonds is 15. The molecule has 46 heavy (non-hydrogen) atoms. The van der Waals surface area contributed by atoms with Crippen LogP contribution in [0.3, 0.4) is 0 Å². The molecule has 4 rings (SSSR count). The molecule has 0 aromatic heterocycles. The maximum absolute atomic E-state index is 14.5. The van der Waals surface area contributed by atoms with E-state index in [9.17, 15) is 18.0 Å². The normalized spacial score (nSPS) is 11.8. The molecule has 0 spiro atoms. The average molecular weight is 662 g/mol. The predicted octanol–water partition coefficient (Wildman–Crippen LogP) is 6.41. The highest BCUT2D eigenvalue weighted by Crippen LogP contribution is 2.27. The Morgan fingerprint density at radius 1 is 0.870 bits per heavy atom. The predicted molar refractivity (Wildman–Crippen MR) is 183 cm³/mol. The molecule has 242 valence electrons. The van der Waals surface area contributed by atoms with Crippen molar-refractivity contribution in [3.8, 4) is 5.75 Å². The minimum atomic E-state index is -4.22. The molecular formula is C36H40ClN3O5S. The van der Waals surface area contributed by atoms with Crippen LogP contribution in [0, 0.1) is 6.92 Å². The van der Waals surface area contributed by atoms with Crippen LogP contribution in [0.15, 0.2) is 108 Å². The van der Waals surface area contributed by atoms with Gasteiger partial charge in [-0.2, -0.15) is 0 Å². The van der Waals surface area contributed by atoms with E-state index in [0.29, 0.717) is 41.6 Å². The molecule has 0 unspecified atom stereocenters. The van der Waals surface area contributed by atoms with Gasteiger partial charge in [0.2, 0.25) is 11.8 Å². The highest BCUT2D eigenvalue weighted by molar-refractivity contribution is 7.92. The molecule has 2 amide bonds. The van der Waals surface area contributed by atoms with E-state index < -0.39 is 28.5 Å². The fourth-order valence-electron chi connectivity index (χ4n) is 4.99. The summed E-state index contributed by atoms with van der Waals surface area (Å²) in [7, 11) is -4.22. The summed E-state index contributed by atoms with van der Waals surface area (Å²) in [5.74, 6) is -0.325. The fourth-order valence-corrected chi connectivity index (χ4v) is 6.62. The number of anilines is 1. The van der Waals surface area contributed by atoms with Crippen molar-refractivity contribution in [2.24, 2.45) is 0 Å². The van der Waals surface area contributed by atoms with Crippen LogP contribution in [0.4, 0.5) is 5.69 Å². The number of benzene rings is 4. The molecule has 0 fully saturated rings. The van der Waals surface area contributed by atoms with Gasteiger partial charge in [0.1, 0.15) is 18.3 Å².